The highest BCUT2D eigenvalue weighted by Crippen LogP contribution is 2.37. The summed E-state index contributed by atoms with van der Waals surface area (Å²) in [6.07, 6.45) is 0.703. The Morgan fingerprint density at radius 2 is 2.10 bits per heavy atom. The van der Waals surface area contributed by atoms with Crippen LogP contribution in [0.5, 0.6) is 0 Å². The van der Waals surface area contributed by atoms with Crippen molar-refractivity contribution in [2.24, 2.45) is 0 Å². The number of nitriles is 1. The lowest BCUT2D eigenvalue weighted by molar-refractivity contribution is -0.387. The molecule has 0 radical (unpaired) electrons. The highest BCUT2D eigenvalue weighted by atomic mass is 35.5. The van der Waals surface area contributed by atoms with Crippen LogP contribution in [0.2, 0.25) is 5.02 Å². The molecule has 29 heavy (non-hydrogen) atoms. The van der Waals surface area contributed by atoms with E-state index in [0.29, 0.717) is 40.5 Å². The summed E-state index contributed by atoms with van der Waals surface area (Å²) in [6, 6.07) is 13.5. The number of methoxy groups -OCH3 is 1. The van der Waals surface area contributed by atoms with E-state index in [0.717, 1.165) is 17.3 Å². The number of benzene rings is 2. The van der Waals surface area contributed by atoms with Gasteiger partial charge in [-0.15, -0.1) is 10.2 Å². The Morgan fingerprint density at radius 3 is 2.79 bits per heavy atom. The third-order valence-electron chi connectivity index (χ3n) is 4.05. The Balaban J connectivity index is 2.03. The van der Waals surface area contributed by atoms with Gasteiger partial charge in [0.15, 0.2) is 11.0 Å². The van der Waals surface area contributed by atoms with Gasteiger partial charge in [-0.05, 0) is 42.4 Å². The van der Waals surface area contributed by atoms with Crippen molar-refractivity contribution in [3.8, 4) is 17.5 Å². The number of nitrogens with zero attached hydrogens (tertiary/aromatic N) is 5. The van der Waals surface area contributed by atoms with Gasteiger partial charge in [-0.1, -0.05) is 23.7 Å². The number of ether oxygens (including phenoxy) is 1. The minimum atomic E-state index is -0.510. The predicted molar refractivity (Wildman–Crippen MR) is 109 cm³/mol. The zero-order valence-corrected chi connectivity index (χ0v) is 17.0. The molecule has 0 aliphatic carbocycles. The molecule has 0 aliphatic rings. The molecule has 0 N–H and O–H groups in total. The second-order valence-corrected chi connectivity index (χ2v) is 7.35. The summed E-state index contributed by atoms with van der Waals surface area (Å²) in [5.41, 5.74) is 0.791. The number of halogens is 1. The van der Waals surface area contributed by atoms with Crippen LogP contribution in [-0.2, 0) is 11.3 Å². The highest BCUT2D eigenvalue weighted by molar-refractivity contribution is 7.99. The molecule has 148 valence electrons. The van der Waals surface area contributed by atoms with Crippen LogP contribution in [0.4, 0.5) is 5.69 Å². The standard InChI is InChI=1S/C19H16ClN5O3S/c1-28-10-4-9-24-18(14-5-2-3-6-15(14)20)22-23-19(24)29-17-8-7-13(12-21)11-16(17)25(26)27/h2-3,5-8,11H,4,9-10H2,1H3. The normalized spacial score (nSPS) is 10.7. The molecule has 0 fully saturated rings. The van der Waals surface area contributed by atoms with Gasteiger partial charge in [0.25, 0.3) is 5.69 Å². The summed E-state index contributed by atoms with van der Waals surface area (Å²) in [5.74, 6) is 0.575. The second kappa shape index (κ2) is 9.52. The van der Waals surface area contributed by atoms with Gasteiger partial charge in [0.2, 0.25) is 0 Å². The SMILES string of the molecule is COCCCn1c(Sc2ccc(C#N)cc2[N+](=O)[O-])nnc1-c1ccccc1Cl. The zero-order chi connectivity index (χ0) is 20.8. The maximum absolute atomic E-state index is 11.5. The summed E-state index contributed by atoms with van der Waals surface area (Å²) in [5, 5.41) is 30.0. The molecular weight excluding hydrogens is 414 g/mol. The molecular formula is C19H16ClN5O3S. The van der Waals surface area contributed by atoms with Crippen molar-refractivity contribution in [1.82, 2.24) is 14.8 Å². The lowest BCUT2D eigenvalue weighted by Crippen LogP contribution is -2.05. The molecule has 0 saturated heterocycles. The van der Waals surface area contributed by atoms with E-state index in [9.17, 15) is 10.1 Å². The third kappa shape index (κ3) is 4.74. The van der Waals surface area contributed by atoms with Crippen LogP contribution in [-0.4, -0.2) is 33.4 Å². The molecule has 0 bridgehead atoms. The summed E-state index contributed by atoms with van der Waals surface area (Å²) in [6.45, 7) is 1.09. The van der Waals surface area contributed by atoms with Gasteiger partial charge in [0, 0.05) is 31.9 Å². The van der Waals surface area contributed by atoms with E-state index >= 15 is 0 Å². The lowest BCUT2D eigenvalue weighted by Gasteiger charge is -2.11. The summed E-state index contributed by atoms with van der Waals surface area (Å²) in [4.78, 5) is 11.3. The number of hydrogen-bond acceptors (Lipinski definition) is 7. The minimum absolute atomic E-state index is 0.153. The van der Waals surface area contributed by atoms with Gasteiger partial charge in [0.05, 0.1) is 26.5 Å². The summed E-state index contributed by atoms with van der Waals surface area (Å²) < 4.78 is 7.00. The first-order valence-corrected chi connectivity index (χ1v) is 9.78. The Hall–Kier alpha value is -2.93. The Morgan fingerprint density at radius 1 is 1.31 bits per heavy atom. The molecule has 1 heterocycles. The molecule has 0 atom stereocenters. The Bertz CT molecular complexity index is 1080. The van der Waals surface area contributed by atoms with Crippen LogP contribution < -0.4 is 0 Å². The lowest BCUT2D eigenvalue weighted by atomic mass is 10.2. The molecule has 0 spiro atoms. The third-order valence-corrected chi connectivity index (χ3v) is 5.43. The fraction of sp³-hybridized carbons (Fsp3) is 0.211. The van der Waals surface area contributed by atoms with E-state index in [2.05, 4.69) is 10.2 Å². The number of hydrogen-bond donors (Lipinski definition) is 0. The fourth-order valence-electron chi connectivity index (χ4n) is 2.69. The second-order valence-electron chi connectivity index (χ2n) is 5.94. The molecule has 0 unspecified atom stereocenters. The van der Waals surface area contributed by atoms with Gasteiger partial charge in [-0.25, -0.2) is 0 Å². The summed E-state index contributed by atoms with van der Waals surface area (Å²) in [7, 11) is 1.62. The van der Waals surface area contributed by atoms with Gasteiger partial charge < -0.3 is 9.30 Å². The largest absolute Gasteiger partial charge is 0.385 e. The minimum Gasteiger partial charge on any atom is -0.385 e. The number of rotatable bonds is 8. The van der Waals surface area contributed by atoms with Gasteiger partial charge in [-0.2, -0.15) is 5.26 Å². The zero-order valence-electron chi connectivity index (χ0n) is 15.4. The van der Waals surface area contributed by atoms with E-state index in [-0.39, 0.29) is 11.3 Å². The van der Waals surface area contributed by atoms with E-state index in [1.807, 2.05) is 28.8 Å². The smallest absolute Gasteiger partial charge is 0.284 e. The molecule has 10 heteroatoms. The Labute approximate surface area is 176 Å². The monoisotopic (exact) mass is 429 g/mol. The van der Waals surface area contributed by atoms with Crippen LogP contribution in [0.15, 0.2) is 52.5 Å². The first-order chi connectivity index (χ1) is 14.0. The number of nitro groups is 1. The first kappa shape index (κ1) is 20.8. The van der Waals surface area contributed by atoms with Crippen LogP contribution in [0.25, 0.3) is 11.4 Å². The average molecular weight is 430 g/mol. The van der Waals surface area contributed by atoms with Crippen molar-refractivity contribution in [2.75, 3.05) is 13.7 Å². The quantitative estimate of drug-likeness (QED) is 0.293. The van der Waals surface area contributed by atoms with Crippen LogP contribution in [0.1, 0.15) is 12.0 Å². The van der Waals surface area contributed by atoms with E-state index < -0.39 is 4.92 Å². The van der Waals surface area contributed by atoms with Crippen molar-refractivity contribution < 1.29 is 9.66 Å². The highest BCUT2D eigenvalue weighted by Gasteiger charge is 2.21. The van der Waals surface area contributed by atoms with Crippen LogP contribution in [0, 0.1) is 21.4 Å². The topological polar surface area (TPSA) is 107 Å². The number of nitro benzene ring substituents is 1. The van der Waals surface area contributed by atoms with Crippen molar-refractivity contribution in [3.63, 3.8) is 0 Å². The van der Waals surface area contributed by atoms with Gasteiger partial charge in [-0.3, -0.25) is 10.1 Å². The maximum Gasteiger partial charge on any atom is 0.284 e. The van der Waals surface area contributed by atoms with Crippen LogP contribution >= 0.6 is 23.4 Å². The fourth-order valence-corrected chi connectivity index (χ4v) is 3.85. The average Bonchev–Trinajstić information content (AvgIpc) is 3.11. The van der Waals surface area contributed by atoms with Crippen LogP contribution in [0.3, 0.4) is 0 Å². The molecule has 2 aromatic carbocycles. The molecule has 3 aromatic rings. The first-order valence-electron chi connectivity index (χ1n) is 8.58. The van der Waals surface area contributed by atoms with Gasteiger partial charge >= 0.3 is 0 Å². The van der Waals surface area contributed by atoms with E-state index in [1.165, 1.54) is 12.1 Å². The summed E-state index contributed by atoms with van der Waals surface area (Å²) >= 11 is 7.45. The van der Waals surface area contributed by atoms with E-state index in [4.69, 9.17) is 21.6 Å². The predicted octanol–water partition coefficient (Wildman–Crippen LogP) is 4.57. The van der Waals surface area contributed by atoms with Crippen molar-refractivity contribution in [1.29, 1.82) is 5.26 Å². The molecule has 0 saturated carbocycles. The van der Waals surface area contributed by atoms with Crippen molar-refractivity contribution in [3.05, 3.63) is 63.2 Å². The maximum atomic E-state index is 11.5. The van der Waals surface area contributed by atoms with Crippen molar-refractivity contribution >= 4 is 29.1 Å². The Kier molecular flexibility index (Phi) is 6.82. The molecule has 3 rings (SSSR count). The molecule has 8 nitrogen and oxygen atoms in total. The van der Waals surface area contributed by atoms with E-state index in [1.54, 1.807) is 19.2 Å². The molecule has 0 amide bonds. The van der Waals surface area contributed by atoms with Crippen molar-refractivity contribution in [2.45, 2.75) is 23.0 Å². The number of aromatic nitrogens is 3. The molecule has 1 aromatic heterocycles. The molecule has 0 aliphatic heterocycles. The van der Waals surface area contributed by atoms with Gasteiger partial charge in [0.1, 0.15) is 0 Å².